The first-order valence-corrected chi connectivity index (χ1v) is 11.6. The highest BCUT2D eigenvalue weighted by molar-refractivity contribution is 5.89. The molecule has 0 aromatic heterocycles. The van der Waals surface area contributed by atoms with Crippen molar-refractivity contribution in [2.45, 2.75) is 71.9 Å². The molecule has 0 bridgehead atoms. The molecule has 0 saturated heterocycles. The lowest BCUT2D eigenvalue weighted by Gasteiger charge is -2.24. The van der Waals surface area contributed by atoms with Crippen LogP contribution in [0.1, 0.15) is 64.5 Å². The van der Waals surface area contributed by atoms with E-state index < -0.39 is 12.1 Å². The first-order chi connectivity index (χ1) is 15.8. The third kappa shape index (κ3) is 7.47. The lowest BCUT2D eigenvalue weighted by Crippen LogP contribution is -2.39. The molecule has 0 fully saturated rings. The second-order valence-electron chi connectivity index (χ2n) is 8.06. The van der Waals surface area contributed by atoms with Gasteiger partial charge >= 0.3 is 12.1 Å². The molecule has 0 radical (unpaired) electrons. The average molecular weight is 457 g/mol. The van der Waals surface area contributed by atoms with Gasteiger partial charge < -0.3 is 10.6 Å². The fourth-order valence-corrected chi connectivity index (χ4v) is 3.61. The second-order valence-corrected chi connectivity index (χ2v) is 8.06. The highest BCUT2D eigenvalue weighted by atomic mass is 16.5. The SMILES string of the molecule is CCC(CC)N(O)C(=O)Nc1ccc(Cc2ccc(NC(=O)N(O)C(CC)CC)cc2)cc1. The van der Waals surface area contributed by atoms with E-state index in [0.29, 0.717) is 43.5 Å². The van der Waals surface area contributed by atoms with E-state index in [-0.39, 0.29) is 12.1 Å². The van der Waals surface area contributed by atoms with E-state index in [9.17, 15) is 20.0 Å². The van der Waals surface area contributed by atoms with Crippen LogP contribution in [-0.2, 0) is 6.42 Å². The number of hydrogen-bond acceptors (Lipinski definition) is 4. The normalized spacial score (nSPS) is 10.9. The molecule has 2 aromatic rings. The highest BCUT2D eigenvalue weighted by Gasteiger charge is 2.20. The van der Waals surface area contributed by atoms with Crippen molar-refractivity contribution >= 4 is 23.4 Å². The van der Waals surface area contributed by atoms with Crippen LogP contribution >= 0.6 is 0 Å². The first kappa shape index (κ1) is 26.2. The summed E-state index contributed by atoms with van der Waals surface area (Å²) in [5, 5.41) is 27.0. The molecule has 8 nitrogen and oxygen atoms in total. The van der Waals surface area contributed by atoms with E-state index in [4.69, 9.17) is 0 Å². The minimum atomic E-state index is -0.542. The van der Waals surface area contributed by atoms with Crippen LogP contribution in [-0.4, -0.2) is 44.7 Å². The van der Waals surface area contributed by atoms with Gasteiger partial charge in [-0.05, 0) is 67.5 Å². The average Bonchev–Trinajstić information content (AvgIpc) is 2.82. The van der Waals surface area contributed by atoms with Gasteiger partial charge in [0, 0.05) is 11.4 Å². The van der Waals surface area contributed by atoms with Crippen LogP contribution < -0.4 is 10.6 Å². The number of carbonyl (C=O) groups is 2. The maximum atomic E-state index is 12.2. The topological polar surface area (TPSA) is 105 Å². The molecular formula is C25H36N4O4. The number of anilines is 2. The monoisotopic (exact) mass is 456 g/mol. The molecule has 2 rings (SSSR count). The molecule has 2 aromatic carbocycles. The molecule has 0 heterocycles. The highest BCUT2D eigenvalue weighted by Crippen LogP contribution is 2.18. The van der Waals surface area contributed by atoms with Crippen molar-refractivity contribution in [1.29, 1.82) is 0 Å². The molecule has 33 heavy (non-hydrogen) atoms. The second kappa shape index (κ2) is 12.8. The third-order valence-electron chi connectivity index (χ3n) is 5.81. The van der Waals surface area contributed by atoms with E-state index in [1.807, 2.05) is 52.0 Å². The van der Waals surface area contributed by atoms with Gasteiger partial charge in [0.1, 0.15) is 0 Å². The summed E-state index contributed by atoms with van der Waals surface area (Å²) >= 11 is 0. The largest absolute Gasteiger partial charge is 0.345 e. The molecule has 0 aliphatic heterocycles. The van der Waals surface area contributed by atoms with Crippen molar-refractivity contribution < 1.29 is 20.0 Å². The number of nitrogens with one attached hydrogen (secondary N) is 2. The maximum Gasteiger partial charge on any atom is 0.345 e. The van der Waals surface area contributed by atoms with E-state index >= 15 is 0 Å². The Morgan fingerprint density at radius 3 is 1.24 bits per heavy atom. The summed E-state index contributed by atoms with van der Waals surface area (Å²) in [4.78, 5) is 24.4. The van der Waals surface area contributed by atoms with Gasteiger partial charge in [0.15, 0.2) is 0 Å². The molecule has 180 valence electrons. The molecule has 0 spiro atoms. The summed E-state index contributed by atoms with van der Waals surface area (Å²) in [7, 11) is 0. The molecule has 0 unspecified atom stereocenters. The zero-order chi connectivity index (χ0) is 24.4. The summed E-state index contributed by atoms with van der Waals surface area (Å²) in [6.07, 6.45) is 3.40. The van der Waals surface area contributed by atoms with Crippen LogP contribution in [0.3, 0.4) is 0 Å². The number of rotatable bonds is 10. The fourth-order valence-electron chi connectivity index (χ4n) is 3.61. The Kier molecular flexibility index (Phi) is 10.2. The summed E-state index contributed by atoms with van der Waals surface area (Å²) in [5.41, 5.74) is 3.33. The Morgan fingerprint density at radius 2 is 0.970 bits per heavy atom. The summed E-state index contributed by atoms with van der Waals surface area (Å²) in [5.74, 6) is 0. The minimum Gasteiger partial charge on any atom is -0.306 e. The van der Waals surface area contributed by atoms with Gasteiger partial charge in [-0.15, -0.1) is 0 Å². The molecule has 4 N–H and O–H groups in total. The van der Waals surface area contributed by atoms with Gasteiger partial charge in [-0.1, -0.05) is 52.0 Å². The van der Waals surface area contributed by atoms with Crippen LogP contribution in [0.4, 0.5) is 21.0 Å². The number of amides is 4. The van der Waals surface area contributed by atoms with Gasteiger partial charge in [0.2, 0.25) is 0 Å². The lowest BCUT2D eigenvalue weighted by atomic mass is 10.0. The number of nitrogens with zero attached hydrogens (tertiary/aromatic N) is 2. The summed E-state index contributed by atoms with van der Waals surface area (Å²) < 4.78 is 0. The number of hydrogen-bond donors (Lipinski definition) is 4. The van der Waals surface area contributed by atoms with Crippen molar-refractivity contribution in [1.82, 2.24) is 10.1 Å². The van der Waals surface area contributed by atoms with Gasteiger partial charge in [-0.3, -0.25) is 10.4 Å². The minimum absolute atomic E-state index is 0.211. The smallest absolute Gasteiger partial charge is 0.306 e. The Bertz CT molecular complexity index is 805. The summed E-state index contributed by atoms with van der Waals surface area (Å²) in [6.45, 7) is 7.70. The zero-order valence-electron chi connectivity index (χ0n) is 19.9. The molecule has 0 atom stereocenters. The van der Waals surface area contributed by atoms with Crippen LogP contribution in [0.2, 0.25) is 0 Å². The predicted molar refractivity (Wildman–Crippen MR) is 130 cm³/mol. The Morgan fingerprint density at radius 1 is 0.667 bits per heavy atom. The third-order valence-corrected chi connectivity index (χ3v) is 5.81. The quantitative estimate of drug-likeness (QED) is 0.256. The Labute approximate surface area is 196 Å². The lowest BCUT2D eigenvalue weighted by molar-refractivity contribution is -0.0747. The molecule has 0 saturated carbocycles. The molecular weight excluding hydrogens is 420 g/mol. The number of benzene rings is 2. The number of carbonyl (C=O) groups excluding carboxylic acids is 2. The zero-order valence-corrected chi connectivity index (χ0v) is 19.9. The number of urea groups is 2. The molecule has 0 aliphatic rings. The predicted octanol–water partition coefficient (Wildman–Crippen LogP) is 6.10. The van der Waals surface area contributed by atoms with E-state index in [2.05, 4.69) is 10.6 Å². The van der Waals surface area contributed by atoms with Crippen molar-refractivity contribution in [3.8, 4) is 0 Å². The van der Waals surface area contributed by atoms with E-state index in [1.165, 1.54) is 0 Å². The van der Waals surface area contributed by atoms with Gasteiger partial charge in [-0.2, -0.15) is 0 Å². The van der Waals surface area contributed by atoms with Crippen LogP contribution in [0.15, 0.2) is 48.5 Å². The number of hydroxylamine groups is 4. The van der Waals surface area contributed by atoms with Crippen molar-refractivity contribution in [2.75, 3.05) is 10.6 Å². The van der Waals surface area contributed by atoms with Gasteiger partial charge in [0.25, 0.3) is 0 Å². The fraction of sp³-hybridized carbons (Fsp3) is 0.440. The van der Waals surface area contributed by atoms with Crippen molar-refractivity contribution in [3.63, 3.8) is 0 Å². The van der Waals surface area contributed by atoms with Crippen LogP contribution in [0.25, 0.3) is 0 Å². The molecule has 4 amide bonds. The van der Waals surface area contributed by atoms with E-state index in [0.717, 1.165) is 21.3 Å². The van der Waals surface area contributed by atoms with Crippen molar-refractivity contribution in [2.24, 2.45) is 0 Å². The van der Waals surface area contributed by atoms with Crippen LogP contribution in [0.5, 0.6) is 0 Å². The van der Waals surface area contributed by atoms with Gasteiger partial charge in [0.05, 0.1) is 12.1 Å². The Hall–Kier alpha value is -3.10. The Balaban J connectivity index is 1.92. The standard InChI is InChI=1S/C25H36N4O4/c1-5-22(6-2)28(32)24(30)26-20-13-9-18(10-14-20)17-19-11-15-21(16-12-19)27-25(31)29(33)23(7-3)8-4/h9-16,22-23,32-33H,5-8,17H2,1-4H3,(H,26,30)(H,27,31). The maximum absolute atomic E-state index is 12.2. The van der Waals surface area contributed by atoms with Gasteiger partial charge in [-0.25, -0.2) is 19.7 Å². The summed E-state index contributed by atoms with van der Waals surface area (Å²) in [6, 6.07) is 13.4. The van der Waals surface area contributed by atoms with Crippen molar-refractivity contribution in [3.05, 3.63) is 59.7 Å². The van der Waals surface area contributed by atoms with E-state index in [1.54, 1.807) is 24.3 Å². The first-order valence-electron chi connectivity index (χ1n) is 11.6. The van der Waals surface area contributed by atoms with Crippen LogP contribution in [0, 0.1) is 0 Å². The molecule has 8 heteroatoms. The molecule has 0 aliphatic carbocycles.